The number of methoxy groups -OCH3 is 2. The number of halogens is 2. The first kappa shape index (κ1) is 27.2. The number of carbonyl (C=O) groups excluding carboxylic acids is 2. The molecule has 0 radical (unpaired) electrons. The van der Waals surface area contributed by atoms with Gasteiger partial charge in [-0.3, -0.25) is 9.59 Å². The number of Topliss-reactive ketones (excluding diaryl/α,β-unsaturated/α-hetero) is 2. The van der Waals surface area contributed by atoms with Gasteiger partial charge in [0, 0.05) is 60.0 Å². The summed E-state index contributed by atoms with van der Waals surface area (Å²) in [6.45, 7) is 1.51. The zero-order valence-electron chi connectivity index (χ0n) is 21.6. The van der Waals surface area contributed by atoms with Crippen LogP contribution in [-0.2, 0) is 20.9 Å². The molecule has 38 heavy (non-hydrogen) atoms. The van der Waals surface area contributed by atoms with Crippen LogP contribution in [0.1, 0.15) is 55.6 Å². The third-order valence-electron chi connectivity index (χ3n) is 7.46. The molecule has 0 aromatic heterocycles. The summed E-state index contributed by atoms with van der Waals surface area (Å²) >= 11 is 8.39. The number of carbonyl (C=O) groups is 2. The molecular weight excluding hydrogens is 617 g/mol. The van der Waals surface area contributed by atoms with E-state index in [0.29, 0.717) is 49.1 Å². The zero-order valence-corrected chi connectivity index (χ0v) is 24.6. The largest absolute Gasteiger partial charge is 0.493 e. The van der Waals surface area contributed by atoms with Crippen molar-refractivity contribution in [2.45, 2.75) is 51.0 Å². The first-order valence-corrected chi connectivity index (χ1v) is 14.4. The lowest BCUT2D eigenvalue weighted by Crippen LogP contribution is -2.40. The Morgan fingerprint density at radius 2 is 1.66 bits per heavy atom. The van der Waals surface area contributed by atoms with E-state index in [2.05, 4.69) is 27.5 Å². The Labute approximate surface area is 242 Å². The molecule has 0 bridgehead atoms. The van der Waals surface area contributed by atoms with Crippen molar-refractivity contribution in [1.29, 1.82) is 0 Å². The second kappa shape index (κ2) is 11.8. The van der Waals surface area contributed by atoms with E-state index in [0.717, 1.165) is 62.9 Å². The fourth-order valence-corrected chi connectivity index (χ4v) is 6.83. The fraction of sp³-hybridized carbons (Fsp3) is 0.400. The average Bonchev–Trinajstić information content (AvgIpc) is 2.90. The highest BCUT2D eigenvalue weighted by atomic mass is 127. The summed E-state index contributed by atoms with van der Waals surface area (Å²) < 4.78 is 18.2. The third-order valence-corrected chi connectivity index (χ3v) is 8.50. The van der Waals surface area contributed by atoms with Crippen LogP contribution in [0.2, 0.25) is 5.02 Å². The monoisotopic (exact) mass is 647 g/mol. The van der Waals surface area contributed by atoms with Gasteiger partial charge in [-0.1, -0.05) is 23.7 Å². The first-order valence-electron chi connectivity index (χ1n) is 13.0. The van der Waals surface area contributed by atoms with Gasteiger partial charge in [0.1, 0.15) is 6.61 Å². The van der Waals surface area contributed by atoms with Gasteiger partial charge in [0.2, 0.25) is 0 Å². The summed E-state index contributed by atoms with van der Waals surface area (Å²) in [5.41, 5.74) is 5.45. The summed E-state index contributed by atoms with van der Waals surface area (Å²) in [5.74, 6) is 1.05. The molecule has 3 aliphatic rings. The van der Waals surface area contributed by atoms with E-state index in [1.54, 1.807) is 14.2 Å². The molecule has 200 valence electrons. The van der Waals surface area contributed by atoms with E-state index in [4.69, 9.17) is 25.8 Å². The molecule has 2 aromatic carbocycles. The highest BCUT2D eigenvalue weighted by Gasteiger charge is 2.43. The number of rotatable bonds is 8. The summed E-state index contributed by atoms with van der Waals surface area (Å²) in [6, 6.07) is 11.5. The van der Waals surface area contributed by atoms with Crippen molar-refractivity contribution >= 4 is 45.8 Å². The molecular formula is C30H31ClINO5. The van der Waals surface area contributed by atoms with Gasteiger partial charge in [-0.15, -0.1) is 0 Å². The number of ketones is 2. The number of hydrogen-bond acceptors (Lipinski definition) is 6. The Morgan fingerprint density at radius 3 is 2.26 bits per heavy atom. The molecule has 5 rings (SSSR count). The molecule has 6 nitrogen and oxygen atoms in total. The van der Waals surface area contributed by atoms with Gasteiger partial charge in [-0.2, -0.15) is 0 Å². The van der Waals surface area contributed by atoms with Crippen molar-refractivity contribution in [1.82, 2.24) is 4.90 Å². The Morgan fingerprint density at radius 1 is 0.974 bits per heavy atom. The van der Waals surface area contributed by atoms with Crippen LogP contribution >= 0.6 is 34.2 Å². The summed E-state index contributed by atoms with van der Waals surface area (Å²) in [4.78, 5) is 29.2. The highest BCUT2D eigenvalue weighted by molar-refractivity contribution is 14.1. The summed E-state index contributed by atoms with van der Waals surface area (Å²) in [5, 5.41) is 0.655. The normalized spacial score (nSPS) is 18.1. The Bertz CT molecular complexity index is 1290. The number of benzene rings is 2. The van der Waals surface area contributed by atoms with Crippen molar-refractivity contribution in [3.63, 3.8) is 0 Å². The van der Waals surface area contributed by atoms with Crippen LogP contribution < -0.4 is 9.47 Å². The van der Waals surface area contributed by atoms with Gasteiger partial charge in [-0.25, -0.2) is 0 Å². The van der Waals surface area contributed by atoms with Crippen LogP contribution in [0.3, 0.4) is 0 Å². The van der Waals surface area contributed by atoms with Crippen LogP contribution in [0.15, 0.2) is 58.9 Å². The standard InChI is InChI=1S/C30H31ClINO5/c1-36-13-12-33-22-8-4-10-24(34)28(22)27(29-23(33)9-5-11-25(29)35)19-15-21(32)30(26(16-19)37-2)38-17-18-6-3-7-20(31)14-18/h3,6-7,14-16,27H,4-5,8-13,17H2,1-2H3. The van der Waals surface area contributed by atoms with E-state index in [1.807, 2.05) is 36.4 Å². The van der Waals surface area contributed by atoms with Gasteiger partial charge in [-0.05, 0) is 83.7 Å². The predicted octanol–water partition coefficient (Wildman–Crippen LogP) is 6.59. The zero-order chi connectivity index (χ0) is 26.8. The highest BCUT2D eigenvalue weighted by Crippen LogP contribution is 2.50. The quantitative estimate of drug-likeness (QED) is 0.301. The molecule has 0 N–H and O–H groups in total. The van der Waals surface area contributed by atoms with Crippen LogP contribution in [0.25, 0.3) is 0 Å². The Kier molecular flexibility index (Phi) is 8.45. The van der Waals surface area contributed by atoms with Crippen molar-refractivity contribution in [3.05, 3.63) is 78.7 Å². The number of nitrogens with zero attached hydrogens (tertiary/aromatic N) is 1. The molecule has 1 heterocycles. The molecule has 0 amide bonds. The molecule has 1 aliphatic heterocycles. The molecule has 2 aliphatic carbocycles. The Balaban J connectivity index is 1.59. The second-order valence-electron chi connectivity index (χ2n) is 9.80. The molecule has 0 atom stereocenters. The summed E-state index contributed by atoms with van der Waals surface area (Å²) in [6.07, 6.45) is 4.28. The molecule has 0 fully saturated rings. The third kappa shape index (κ3) is 5.25. The van der Waals surface area contributed by atoms with Gasteiger partial charge in [0.25, 0.3) is 0 Å². The van der Waals surface area contributed by atoms with E-state index >= 15 is 0 Å². The smallest absolute Gasteiger partial charge is 0.174 e. The van der Waals surface area contributed by atoms with E-state index in [-0.39, 0.29) is 11.6 Å². The van der Waals surface area contributed by atoms with E-state index in [9.17, 15) is 9.59 Å². The maximum atomic E-state index is 13.5. The minimum atomic E-state index is -0.399. The lowest BCUT2D eigenvalue weighted by molar-refractivity contribution is -0.117. The molecule has 8 heteroatoms. The molecule has 0 saturated heterocycles. The van der Waals surface area contributed by atoms with Crippen molar-refractivity contribution < 1.29 is 23.8 Å². The fourth-order valence-electron chi connectivity index (χ4n) is 5.83. The molecule has 2 aromatic rings. The van der Waals surface area contributed by atoms with Gasteiger partial charge in [0.05, 0.1) is 17.3 Å². The minimum Gasteiger partial charge on any atom is -0.493 e. The Hall–Kier alpha value is -2.36. The maximum Gasteiger partial charge on any atom is 0.174 e. The maximum absolute atomic E-state index is 13.5. The second-order valence-corrected chi connectivity index (χ2v) is 11.4. The van der Waals surface area contributed by atoms with Crippen LogP contribution in [0.5, 0.6) is 11.5 Å². The number of allylic oxidation sites excluding steroid dienone is 4. The van der Waals surface area contributed by atoms with E-state index in [1.165, 1.54) is 0 Å². The number of hydrogen-bond donors (Lipinski definition) is 0. The first-order chi connectivity index (χ1) is 18.4. The molecule has 0 spiro atoms. The van der Waals surface area contributed by atoms with E-state index < -0.39 is 5.92 Å². The van der Waals surface area contributed by atoms with Gasteiger partial charge in [0.15, 0.2) is 23.1 Å². The van der Waals surface area contributed by atoms with Crippen LogP contribution in [0.4, 0.5) is 0 Å². The van der Waals surface area contributed by atoms with Crippen molar-refractivity contribution in [2.24, 2.45) is 0 Å². The lowest BCUT2D eigenvalue weighted by atomic mass is 9.71. The van der Waals surface area contributed by atoms with Gasteiger partial charge < -0.3 is 19.1 Å². The summed E-state index contributed by atoms with van der Waals surface area (Å²) in [7, 11) is 3.29. The van der Waals surface area contributed by atoms with Crippen molar-refractivity contribution in [3.8, 4) is 11.5 Å². The SMILES string of the molecule is COCCN1C2=C(C(=O)CCC2)C(c2cc(I)c(OCc3cccc(Cl)c3)c(OC)c2)C2=C1CCCC2=O. The van der Waals surface area contributed by atoms with Gasteiger partial charge >= 0.3 is 0 Å². The minimum absolute atomic E-state index is 0.124. The lowest BCUT2D eigenvalue weighted by Gasteiger charge is -2.44. The predicted molar refractivity (Wildman–Crippen MR) is 155 cm³/mol. The average molecular weight is 648 g/mol. The molecule has 0 saturated carbocycles. The van der Waals surface area contributed by atoms with Crippen LogP contribution in [-0.4, -0.2) is 43.8 Å². The molecule has 0 unspecified atom stereocenters. The van der Waals surface area contributed by atoms with Crippen LogP contribution in [0, 0.1) is 3.57 Å². The topological polar surface area (TPSA) is 65.1 Å². The van der Waals surface area contributed by atoms with Crippen molar-refractivity contribution in [2.75, 3.05) is 27.4 Å². The number of ether oxygens (including phenoxy) is 3.